The van der Waals surface area contributed by atoms with Crippen LogP contribution in [-0.2, 0) is 5.60 Å². The quantitative estimate of drug-likeness (QED) is 0.687. The van der Waals surface area contributed by atoms with E-state index in [4.69, 9.17) is 16.1 Å². The molecular formula is C22H24ClN3O3. The summed E-state index contributed by atoms with van der Waals surface area (Å²) in [6, 6.07) is 9.10. The number of carbonyl (C=O) groups is 1. The van der Waals surface area contributed by atoms with Gasteiger partial charge in [-0.3, -0.25) is 4.79 Å². The molecule has 0 atom stereocenters. The van der Waals surface area contributed by atoms with Gasteiger partial charge in [0, 0.05) is 23.8 Å². The highest BCUT2D eigenvalue weighted by Crippen LogP contribution is 2.34. The summed E-state index contributed by atoms with van der Waals surface area (Å²) in [5.41, 5.74) is 2.29. The van der Waals surface area contributed by atoms with Gasteiger partial charge in [0.15, 0.2) is 0 Å². The number of aromatic nitrogens is 2. The topological polar surface area (TPSA) is 79.5 Å². The van der Waals surface area contributed by atoms with Gasteiger partial charge in [-0.05, 0) is 49.4 Å². The lowest BCUT2D eigenvalue weighted by Crippen LogP contribution is -2.45. The molecule has 0 unspecified atom stereocenters. The molecule has 152 valence electrons. The number of carbonyl (C=O) groups excluding carboxylic acids is 1. The van der Waals surface area contributed by atoms with E-state index in [-0.39, 0.29) is 11.8 Å². The first-order valence-electron chi connectivity index (χ1n) is 9.83. The van der Waals surface area contributed by atoms with Crippen molar-refractivity contribution in [2.24, 2.45) is 0 Å². The van der Waals surface area contributed by atoms with Crippen molar-refractivity contribution >= 4 is 28.6 Å². The average molecular weight is 414 g/mol. The molecule has 1 amide bonds. The SMILES string of the molecule is Cc1noc2nc(C(C)C)cc(C(=O)N3CCC(O)(c4ccc(Cl)cc4)CC3)c12. The molecule has 1 saturated heterocycles. The molecular weight excluding hydrogens is 390 g/mol. The molecule has 29 heavy (non-hydrogen) atoms. The van der Waals surface area contributed by atoms with Crippen LogP contribution in [0.3, 0.4) is 0 Å². The lowest BCUT2D eigenvalue weighted by atomic mass is 9.84. The Morgan fingerprint density at radius 2 is 1.90 bits per heavy atom. The van der Waals surface area contributed by atoms with E-state index in [0.29, 0.717) is 53.3 Å². The summed E-state index contributed by atoms with van der Waals surface area (Å²) in [5, 5.41) is 16.4. The number of aryl methyl sites for hydroxylation is 1. The normalized spacial score (nSPS) is 16.6. The minimum absolute atomic E-state index is 0.0799. The Kier molecular flexibility index (Phi) is 5.09. The van der Waals surface area contributed by atoms with Crippen LogP contribution < -0.4 is 0 Å². The molecule has 0 spiro atoms. The molecule has 3 heterocycles. The van der Waals surface area contributed by atoms with Crippen molar-refractivity contribution in [3.63, 3.8) is 0 Å². The van der Waals surface area contributed by atoms with Crippen molar-refractivity contribution in [3.05, 3.63) is 57.9 Å². The van der Waals surface area contributed by atoms with Gasteiger partial charge < -0.3 is 14.5 Å². The minimum atomic E-state index is -0.953. The maximum absolute atomic E-state index is 13.4. The largest absolute Gasteiger partial charge is 0.385 e. The number of nitrogens with zero attached hydrogens (tertiary/aromatic N) is 3. The first kappa shape index (κ1) is 19.9. The van der Waals surface area contributed by atoms with Crippen LogP contribution in [0, 0.1) is 6.92 Å². The number of aliphatic hydroxyl groups is 1. The van der Waals surface area contributed by atoms with Crippen LogP contribution in [0.4, 0.5) is 0 Å². The second-order valence-corrected chi connectivity index (χ2v) is 8.46. The summed E-state index contributed by atoms with van der Waals surface area (Å²) in [6.45, 7) is 6.79. The van der Waals surface area contributed by atoms with Crippen molar-refractivity contribution in [1.82, 2.24) is 15.0 Å². The first-order chi connectivity index (χ1) is 13.8. The molecule has 1 fully saturated rings. The first-order valence-corrected chi connectivity index (χ1v) is 10.2. The predicted octanol–water partition coefficient (Wildman–Crippen LogP) is 4.43. The Labute approximate surface area is 174 Å². The standard InChI is InChI=1S/C22H24ClN3O3/c1-13(2)18-12-17(19-14(3)25-29-20(19)24-18)21(27)26-10-8-22(28,9-11-26)15-4-6-16(23)7-5-15/h4-7,12-13,28H,8-11H2,1-3H3. The highest BCUT2D eigenvalue weighted by Gasteiger charge is 2.36. The summed E-state index contributed by atoms with van der Waals surface area (Å²) >= 11 is 5.96. The lowest BCUT2D eigenvalue weighted by Gasteiger charge is -2.38. The number of benzene rings is 1. The Balaban J connectivity index is 1.60. The third-order valence-electron chi connectivity index (χ3n) is 5.72. The molecule has 1 aliphatic heterocycles. The molecule has 1 aromatic carbocycles. The number of likely N-dealkylation sites (tertiary alicyclic amines) is 1. The van der Waals surface area contributed by atoms with E-state index in [1.54, 1.807) is 17.0 Å². The lowest BCUT2D eigenvalue weighted by molar-refractivity contribution is -0.0211. The van der Waals surface area contributed by atoms with Gasteiger partial charge in [-0.1, -0.05) is 42.7 Å². The number of halogens is 1. The second-order valence-electron chi connectivity index (χ2n) is 8.03. The zero-order valence-corrected chi connectivity index (χ0v) is 17.5. The Morgan fingerprint density at radius 1 is 1.24 bits per heavy atom. The highest BCUT2D eigenvalue weighted by molar-refractivity contribution is 6.30. The molecule has 1 aliphatic rings. The van der Waals surface area contributed by atoms with E-state index in [1.165, 1.54) is 0 Å². The highest BCUT2D eigenvalue weighted by atomic mass is 35.5. The predicted molar refractivity (Wildman–Crippen MR) is 111 cm³/mol. The van der Waals surface area contributed by atoms with Gasteiger partial charge in [-0.15, -0.1) is 0 Å². The third kappa shape index (κ3) is 3.63. The summed E-state index contributed by atoms with van der Waals surface area (Å²) in [4.78, 5) is 19.7. The summed E-state index contributed by atoms with van der Waals surface area (Å²) in [7, 11) is 0. The monoisotopic (exact) mass is 413 g/mol. The smallest absolute Gasteiger partial charge is 0.259 e. The van der Waals surface area contributed by atoms with Gasteiger partial charge in [-0.25, -0.2) is 4.98 Å². The Morgan fingerprint density at radius 3 is 2.52 bits per heavy atom. The van der Waals surface area contributed by atoms with Gasteiger partial charge in [0.25, 0.3) is 11.6 Å². The average Bonchev–Trinajstić information content (AvgIpc) is 3.09. The third-order valence-corrected chi connectivity index (χ3v) is 5.97. The van der Waals surface area contributed by atoms with Crippen molar-refractivity contribution in [2.45, 2.75) is 45.1 Å². The van der Waals surface area contributed by atoms with Crippen LogP contribution >= 0.6 is 11.6 Å². The fraction of sp³-hybridized carbons (Fsp3) is 0.409. The molecule has 0 radical (unpaired) electrons. The van der Waals surface area contributed by atoms with E-state index in [2.05, 4.69) is 10.1 Å². The molecule has 2 aromatic heterocycles. The summed E-state index contributed by atoms with van der Waals surface area (Å²) in [5.74, 6) is 0.0801. The molecule has 1 N–H and O–H groups in total. The fourth-order valence-corrected chi connectivity index (χ4v) is 4.00. The Bertz CT molecular complexity index is 1050. The van der Waals surface area contributed by atoms with Crippen molar-refractivity contribution in [3.8, 4) is 0 Å². The number of rotatable bonds is 3. The number of hydrogen-bond donors (Lipinski definition) is 1. The van der Waals surface area contributed by atoms with Crippen LogP contribution in [0.5, 0.6) is 0 Å². The maximum atomic E-state index is 13.4. The fourth-order valence-electron chi connectivity index (χ4n) is 3.88. The zero-order chi connectivity index (χ0) is 20.8. The van der Waals surface area contributed by atoms with Gasteiger partial charge >= 0.3 is 0 Å². The number of pyridine rings is 1. The van der Waals surface area contributed by atoms with E-state index in [1.807, 2.05) is 39.0 Å². The van der Waals surface area contributed by atoms with Crippen LogP contribution in [0.2, 0.25) is 5.02 Å². The molecule has 0 aliphatic carbocycles. The van der Waals surface area contributed by atoms with Crippen molar-refractivity contribution < 1.29 is 14.4 Å². The molecule has 6 nitrogen and oxygen atoms in total. The Hall–Kier alpha value is -2.44. The van der Waals surface area contributed by atoms with Crippen LogP contribution in [0.25, 0.3) is 11.1 Å². The van der Waals surface area contributed by atoms with Crippen LogP contribution in [0.1, 0.15) is 59.9 Å². The molecule has 7 heteroatoms. The van der Waals surface area contributed by atoms with Crippen LogP contribution in [0.15, 0.2) is 34.9 Å². The number of amides is 1. The molecule has 3 aromatic rings. The number of piperidine rings is 1. The second kappa shape index (κ2) is 7.43. The van der Waals surface area contributed by atoms with Gasteiger partial charge in [0.05, 0.1) is 22.2 Å². The van der Waals surface area contributed by atoms with E-state index in [9.17, 15) is 9.90 Å². The van der Waals surface area contributed by atoms with Gasteiger partial charge in [0.2, 0.25) is 0 Å². The number of fused-ring (bicyclic) bond motifs is 1. The number of hydrogen-bond acceptors (Lipinski definition) is 5. The summed E-state index contributed by atoms with van der Waals surface area (Å²) in [6.07, 6.45) is 0.933. The van der Waals surface area contributed by atoms with E-state index < -0.39 is 5.60 Å². The molecule has 0 saturated carbocycles. The van der Waals surface area contributed by atoms with Crippen LogP contribution in [-0.4, -0.2) is 39.1 Å². The van der Waals surface area contributed by atoms with Gasteiger partial charge in [0.1, 0.15) is 0 Å². The molecule has 4 rings (SSSR count). The van der Waals surface area contributed by atoms with Crippen molar-refractivity contribution in [2.75, 3.05) is 13.1 Å². The maximum Gasteiger partial charge on any atom is 0.259 e. The summed E-state index contributed by atoms with van der Waals surface area (Å²) < 4.78 is 5.34. The van der Waals surface area contributed by atoms with Gasteiger partial charge in [-0.2, -0.15) is 0 Å². The van der Waals surface area contributed by atoms with E-state index >= 15 is 0 Å². The molecule has 0 bridgehead atoms. The minimum Gasteiger partial charge on any atom is -0.385 e. The van der Waals surface area contributed by atoms with E-state index in [0.717, 1.165) is 11.3 Å². The zero-order valence-electron chi connectivity index (χ0n) is 16.8. The van der Waals surface area contributed by atoms with Crippen molar-refractivity contribution in [1.29, 1.82) is 0 Å².